The molecule has 0 heterocycles. The third kappa shape index (κ3) is 3.80. The molecular weight excluding hydrogens is 374 g/mol. The summed E-state index contributed by atoms with van der Waals surface area (Å²) in [5, 5.41) is 13.9. The fraction of sp³-hybridized carbons (Fsp3) is 0.619. The molecule has 1 atom stereocenters. The van der Waals surface area contributed by atoms with Crippen LogP contribution in [0.5, 0.6) is 0 Å². The van der Waals surface area contributed by atoms with Gasteiger partial charge in [-0.1, -0.05) is 0 Å². The zero-order valence-corrected chi connectivity index (χ0v) is 16.6. The molecule has 4 aliphatic carbocycles. The van der Waals surface area contributed by atoms with Crippen LogP contribution in [-0.4, -0.2) is 29.4 Å². The van der Waals surface area contributed by atoms with Crippen LogP contribution in [0.25, 0.3) is 0 Å². The van der Waals surface area contributed by atoms with E-state index in [1.54, 1.807) is 0 Å². The maximum absolute atomic E-state index is 12.4. The number of ether oxygens (including phenoxy) is 1. The van der Waals surface area contributed by atoms with Gasteiger partial charge in [0, 0.05) is 23.9 Å². The molecule has 5 rings (SSSR count). The summed E-state index contributed by atoms with van der Waals surface area (Å²) in [5.41, 5.74) is 5.59. The van der Waals surface area contributed by atoms with Gasteiger partial charge in [-0.05, 0) is 74.7 Å². The smallest absolute Gasteiger partial charge is 0.341 e. The standard InChI is InChI=1S/C21H27N3O5/c1-12(21-8-13-4-14(9-21)6-15(5-13)10-21)23-19(25)11-29-20(26)17-7-16(24(27)28)2-3-18(17)22/h2-3,7,12-15H,4-6,8-11,22H2,1H3,(H,23,25)/t12-,13?,14?,15?,21?/m1/s1. The Morgan fingerprint density at radius 3 is 2.38 bits per heavy atom. The molecule has 1 aromatic carbocycles. The zero-order valence-electron chi connectivity index (χ0n) is 16.6. The molecule has 29 heavy (non-hydrogen) atoms. The third-order valence-corrected chi connectivity index (χ3v) is 7.18. The number of carbonyl (C=O) groups excluding carboxylic acids is 2. The Morgan fingerprint density at radius 2 is 1.83 bits per heavy atom. The first kappa shape index (κ1) is 19.7. The predicted molar refractivity (Wildman–Crippen MR) is 106 cm³/mol. The molecule has 4 aliphatic rings. The second-order valence-corrected chi connectivity index (χ2v) is 9.17. The molecule has 0 unspecified atom stereocenters. The summed E-state index contributed by atoms with van der Waals surface area (Å²) in [7, 11) is 0. The summed E-state index contributed by atoms with van der Waals surface area (Å²) >= 11 is 0. The molecule has 8 heteroatoms. The van der Waals surface area contributed by atoms with Gasteiger partial charge in [0.05, 0.1) is 10.5 Å². The van der Waals surface area contributed by atoms with Gasteiger partial charge in [-0.2, -0.15) is 0 Å². The average molecular weight is 401 g/mol. The van der Waals surface area contributed by atoms with Crippen molar-refractivity contribution in [3.8, 4) is 0 Å². The molecule has 4 saturated carbocycles. The van der Waals surface area contributed by atoms with E-state index >= 15 is 0 Å². The second-order valence-electron chi connectivity index (χ2n) is 9.17. The molecule has 0 radical (unpaired) electrons. The lowest BCUT2D eigenvalue weighted by atomic mass is 9.48. The van der Waals surface area contributed by atoms with E-state index in [-0.39, 0.29) is 34.3 Å². The number of hydrogen-bond acceptors (Lipinski definition) is 6. The summed E-state index contributed by atoms with van der Waals surface area (Å²) in [6, 6.07) is 3.59. The van der Waals surface area contributed by atoms with Crippen LogP contribution >= 0.6 is 0 Å². The Balaban J connectivity index is 1.34. The Bertz CT molecular complexity index is 817. The van der Waals surface area contributed by atoms with Gasteiger partial charge in [-0.3, -0.25) is 14.9 Å². The summed E-state index contributed by atoms with van der Waals surface area (Å²) in [6.45, 7) is 1.63. The van der Waals surface area contributed by atoms with Crippen LogP contribution in [0, 0.1) is 33.3 Å². The van der Waals surface area contributed by atoms with Gasteiger partial charge in [-0.25, -0.2) is 4.79 Å². The lowest BCUT2D eigenvalue weighted by molar-refractivity contribution is -0.384. The molecule has 0 aromatic heterocycles. The number of esters is 1. The molecule has 3 N–H and O–H groups in total. The van der Waals surface area contributed by atoms with Crippen LogP contribution < -0.4 is 11.1 Å². The first-order chi connectivity index (χ1) is 13.8. The number of carbonyl (C=O) groups is 2. The lowest BCUT2D eigenvalue weighted by Gasteiger charge is -2.59. The lowest BCUT2D eigenvalue weighted by Crippen LogP contribution is -2.56. The number of amides is 1. The number of nitrogens with zero attached hydrogens (tertiary/aromatic N) is 1. The van der Waals surface area contributed by atoms with Crippen LogP contribution in [0.15, 0.2) is 18.2 Å². The van der Waals surface area contributed by atoms with E-state index in [9.17, 15) is 19.7 Å². The van der Waals surface area contributed by atoms with Gasteiger partial charge in [-0.15, -0.1) is 0 Å². The van der Waals surface area contributed by atoms with E-state index in [1.807, 2.05) is 0 Å². The van der Waals surface area contributed by atoms with E-state index in [0.29, 0.717) is 0 Å². The number of nitro groups is 1. The Labute approximate surface area is 169 Å². The predicted octanol–water partition coefficient (Wildman–Crippen LogP) is 3.05. The molecular formula is C21H27N3O5. The van der Waals surface area contributed by atoms with Gasteiger partial charge < -0.3 is 15.8 Å². The number of rotatable bonds is 6. The van der Waals surface area contributed by atoms with Gasteiger partial charge >= 0.3 is 5.97 Å². The fourth-order valence-corrected chi connectivity index (χ4v) is 6.19. The molecule has 8 nitrogen and oxygen atoms in total. The second kappa shape index (κ2) is 7.31. The topological polar surface area (TPSA) is 125 Å². The highest BCUT2D eigenvalue weighted by atomic mass is 16.6. The number of nitrogen functional groups attached to an aromatic ring is 1. The van der Waals surface area contributed by atoms with Crippen molar-refractivity contribution < 1.29 is 19.2 Å². The zero-order chi connectivity index (χ0) is 20.8. The molecule has 0 saturated heterocycles. The van der Waals surface area contributed by atoms with Crippen molar-refractivity contribution in [1.29, 1.82) is 0 Å². The third-order valence-electron chi connectivity index (χ3n) is 7.18. The monoisotopic (exact) mass is 401 g/mol. The van der Waals surface area contributed by atoms with Crippen LogP contribution in [0.3, 0.4) is 0 Å². The normalized spacial score (nSPS) is 30.6. The number of nitrogens with one attached hydrogen (secondary N) is 1. The Kier molecular flexibility index (Phi) is 4.96. The SMILES string of the molecule is C[C@@H](NC(=O)COC(=O)c1cc([N+](=O)[O-])ccc1N)C12CC3CC(CC(C3)C1)C2. The maximum atomic E-state index is 12.4. The number of hydrogen-bond donors (Lipinski definition) is 2. The van der Waals surface area contributed by atoms with Crippen molar-refractivity contribution in [2.45, 2.75) is 51.5 Å². The van der Waals surface area contributed by atoms with Crippen molar-refractivity contribution in [3.05, 3.63) is 33.9 Å². The van der Waals surface area contributed by atoms with Gasteiger partial charge in [0.25, 0.3) is 11.6 Å². The van der Waals surface area contributed by atoms with Crippen molar-refractivity contribution >= 4 is 23.3 Å². The highest BCUT2D eigenvalue weighted by Gasteiger charge is 2.53. The van der Waals surface area contributed by atoms with Crippen molar-refractivity contribution in [2.24, 2.45) is 23.2 Å². The number of anilines is 1. The van der Waals surface area contributed by atoms with Gasteiger partial charge in [0.2, 0.25) is 0 Å². The Hall–Kier alpha value is -2.64. The first-order valence-corrected chi connectivity index (χ1v) is 10.3. The first-order valence-electron chi connectivity index (χ1n) is 10.3. The molecule has 1 amide bonds. The molecule has 0 aliphatic heterocycles. The van der Waals surface area contributed by atoms with Crippen LogP contribution in [0.4, 0.5) is 11.4 Å². The van der Waals surface area contributed by atoms with Gasteiger partial charge in [0.1, 0.15) is 0 Å². The number of benzene rings is 1. The van der Waals surface area contributed by atoms with Gasteiger partial charge in [0.15, 0.2) is 6.61 Å². The maximum Gasteiger partial charge on any atom is 0.341 e. The van der Waals surface area contributed by atoms with Crippen LogP contribution in [-0.2, 0) is 9.53 Å². The highest BCUT2D eigenvalue weighted by molar-refractivity contribution is 5.97. The van der Waals surface area contributed by atoms with Crippen molar-refractivity contribution in [2.75, 3.05) is 12.3 Å². The van der Waals surface area contributed by atoms with Crippen molar-refractivity contribution in [3.63, 3.8) is 0 Å². The summed E-state index contributed by atoms with van der Waals surface area (Å²) < 4.78 is 5.07. The number of non-ortho nitro benzene ring substituents is 1. The molecule has 4 bridgehead atoms. The van der Waals surface area contributed by atoms with E-state index in [4.69, 9.17) is 10.5 Å². The Morgan fingerprint density at radius 1 is 1.24 bits per heavy atom. The van der Waals surface area contributed by atoms with E-state index in [1.165, 1.54) is 50.7 Å². The summed E-state index contributed by atoms with van der Waals surface area (Å²) in [5.74, 6) is 1.16. The number of nitro benzene ring substituents is 1. The average Bonchev–Trinajstić information content (AvgIpc) is 2.65. The minimum atomic E-state index is -0.844. The molecule has 1 aromatic rings. The van der Waals surface area contributed by atoms with E-state index in [0.717, 1.165) is 23.8 Å². The number of nitrogens with two attached hydrogens (primary N) is 1. The van der Waals surface area contributed by atoms with Crippen LogP contribution in [0.1, 0.15) is 55.8 Å². The van der Waals surface area contributed by atoms with E-state index < -0.39 is 17.5 Å². The van der Waals surface area contributed by atoms with E-state index in [2.05, 4.69) is 12.2 Å². The van der Waals surface area contributed by atoms with Crippen molar-refractivity contribution in [1.82, 2.24) is 5.32 Å². The minimum Gasteiger partial charge on any atom is -0.452 e. The summed E-state index contributed by atoms with van der Waals surface area (Å²) in [4.78, 5) is 34.9. The fourth-order valence-electron chi connectivity index (χ4n) is 6.19. The largest absolute Gasteiger partial charge is 0.452 e. The van der Waals surface area contributed by atoms with Crippen LogP contribution in [0.2, 0.25) is 0 Å². The summed E-state index contributed by atoms with van der Waals surface area (Å²) in [6.07, 6.45) is 7.52. The quantitative estimate of drug-likeness (QED) is 0.327. The molecule has 4 fully saturated rings. The minimum absolute atomic E-state index is 0.0324. The molecule has 156 valence electrons. The molecule has 0 spiro atoms. The highest BCUT2D eigenvalue weighted by Crippen LogP contribution is 2.61.